The molecule has 0 bridgehead atoms. The van der Waals surface area contributed by atoms with Crippen LogP contribution >= 0.6 is 0 Å². The van der Waals surface area contributed by atoms with Gasteiger partial charge in [0.15, 0.2) is 0 Å². The number of ether oxygens (including phenoxy) is 1. The highest BCUT2D eigenvalue weighted by Crippen LogP contribution is 2.29. The number of alkyl halides is 3. The summed E-state index contributed by atoms with van der Waals surface area (Å²) in [4.78, 5) is 24.9. The number of nitrogens with zero attached hydrogens (tertiary/aromatic N) is 1. The lowest BCUT2D eigenvalue weighted by Gasteiger charge is -2.24. The summed E-state index contributed by atoms with van der Waals surface area (Å²) in [6.45, 7) is 2.88. The number of halogens is 3. The third kappa shape index (κ3) is 4.12. The summed E-state index contributed by atoms with van der Waals surface area (Å²) in [5.74, 6) is -1.97. The van der Waals surface area contributed by atoms with Crippen LogP contribution in [0.1, 0.15) is 18.4 Å². The summed E-state index contributed by atoms with van der Waals surface area (Å²) in [6.07, 6.45) is -4.08. The number of carbonyl (C=O) groups excluding carboxylic acids is 2. The average Bonchev–Trinajstić information content (AvgIpc) is 3.01. The molecule has 0 spiro atoms. The van der Waals surface area contributed by atoms with Crippen molar-refractivity contribution in [2.45, 2.75) is 31.7 Å². The van der Waals surface area contributed by atoms with Crippen LogP contribution in [0.15, 0.2) is 42.5 Å². The van der Waals surface area contributed by atoms with Gasteiger partial charge in [-0.2, -0.15) is 13.2 Å². The second-order valence-electron chi connectivity index (χ2n) is 5.23. The van der Waals surface area contributed by atoms with Crippen molar-refractivity contribution in [3.63, 3.8) is 0 Å². The van der Waals surface area contributed by atoms with Gasteiger partial charge in [-0.05, 0) is 18.4 Å². The molecular formula is C16H16F3NO3. The van der Waals surface area contributed by atoms with E-state index in [1.807, 2.05) is 6.07 Å². The van der Waals surface area contributed by atoms with E-state index in [1.165, 1.54) is 0 Å². The van der Waals surface area contributed by atoms with Crippen LogP contribution in [-0.4, -0.2) is 35.5 Å². The first-order chi connectivity index (χ1) is 10.8. The fourth-order valence-corrected chi connectivity index (χ4v) is 2.37. The van der Waals surface area contributed by atoms with Crippen molar-refractivity contribution >= 4 is 11.9 Å². The van der Waals surface area contributed by atoms with Gasteiger partial charge in [0.05, 0.1) is 0 Å². The lowest BCUT2D eigenvalue weighted by molar-refractivity contribution is -0.156. The van der Waals surface area contributed by atoms with E-state index in [2.05, 4.69) is 6.58 Å². The summed E-state index contributed by atoms with van der Waals surface area (Å²) in [5, 5.41) is 0. The SMILES string of the molecule is C=C(C(=O)N1CCC[C@H]1C(=O)OCc1ccccc1)C(F)(F)F. The standard InChI is InChI=1S/C16H16F3NO3/c1-11(16(17,18)19)14(21)20-9-5-8-13(20)15(22)23-10-12-6-3-2-4-7-12/h2-4,6-7,13H,1,5,8-10H2/t13-/m0/s1. The van der Waals surface area contributed by atoms with Gasteiger partial charge < -0.3 is 9.64 Å². The Hall–Kier alpha value is -2.31. The third-order valence-corrected chi connectivity index (χ3v) is 3.61. The molecule has 23 heavy (non-hydrogen) atoms. The van der Waals surface area contributed by atoms with E-state index in [0.717, 1.165) is 10.5 Å². The van der Waals surface area contributed by atoms with Gasteiger partial charge in [-0.3, -0.25) is 4.79 Å². The molecule has 1 fully saturated rings. The van der Waals surface area contributed by atoms with Crippen molar-refractivity contribution in [3.05, 3.63) is 48.0 Å². The highest BCUT2D eigenvalue weighted by atomic mass is 19.4. The summed E-state index contributed by atoms with van der Waals surface area (Å²) in [7, 11) is 0. The Balaban J connectivity index is 1.99. The van der Waals surface area contributed by atoms with Gasteiger partial charge in [0, 0.05) is 6.54 Å². The van der Waals surface area contributed by atoms with E-state index < -0.39 is 29.7 Å². The van der Waals surface area contributed by atoms with Crippen molar-refractivity contribution in [2.75, 3.05) is 6.54 Å². The largest absolute Gasteiger partial charge is 0.459 e. The van der Waals surface area contributed by atoms with Crippen LogP contribution in [0.25, 0.3) is 0 Å². The predicted octanol–water partition coefficient (Wildman–Crippen LogP) is 2.84. The molecule has 7 heteroatoms. The van der Waals surface area contributed by atoms with Gasteiger partial charge >= 0.3 is 12.1 Å². The topological polar surface area (TPSA) is 46.6 Å². The molecule has 0 N–H and O–H groups in total. The maximum atomic E-state index is 12.6. The summed E-state index contributed by atoms with van der Waals surface area (Å²) in [6, 6.07) is 7.90. The monoisotopic (exact) mass is 327 g/mol. The normalized spacial score (nSPS) is 17.9. The third-order valence-electron chi connectivity index (χ3n) is 3.61. The zero-order valence-electron chi connectivity index (χ0n) is 12.3. The van der Waals surface area contributed by atoms with E-state index in [9.17, 15) is 22.8 Å². The van der Waals surface area contributed by atoms with Crippen LogP contribution in [-0.2, 0) is 20.9 Å². The number of rotatable bonds is 4. The molecule has 1 heterocycles. The number of carbonyl (C=O) groups is 2. The average molecular weight is 327 g/mol. The first-order valence-electron chi connectivity index (χ1n) is 7.08. The van der Waals surface area contributed by atoms with E-state index in [1.54, 1.807) is 24.3 Å². The fourth-order valence-electron chi connectivity index (χ4n) is 2.37. The van der Waals surface area contributed by atoms with Crippen LogP contribution in [0.4, 0.5) is 13.2 Å². The Morgan fingerprint density at radius 1 is 1.26 bits per heavy atom. The van der Waals surface area contributed by atoms with Crippen LogP contribution in [0.5, 0.6) is 0 Å². The lowest BCUT2D eigenvalue weighted by Crippen LogP contribution is -2.43. The van der Waals surface area contributed by atoms with Crippen LogP contribution < -0.4 is 0 Å². The van der Waals surface area contributed by atoms with Crippen molar-refractivity contribution in [2.24, 2.45) is 0 Å². The molecule has 0 aromatic heterocycles. The maximum Gasteiger partial charge on any atom is 0.421 e. The number of likely N-dealkylation sites (tertiary alicyclic amines) is 1. The zero-order chi connectivity index (χ0) is 17.0. The second-order valence-corrected chi connectivity index (χ2v) is 5.23. The molecule has 2 rings (SSSR count). The van der Waals surface area contributed by atoms with Gasteiger partial charge in [0.25, 0.3) is 5.91 Å². The maximum absolute atomic E-state index is 12.6. The van der Waals surface area contributed by atoms with Gasteiger partial charge in [-0.1, -0.05) is 36.9 Å². The van der Waals surface area contributed by atoms with Crippen molar-refractivity contribution < 1.29 is 27.5 Å². The Morgan fingerprint density at radius 2 is 1.91 bits per heavy atom. The molecule has 1 aromatic rings. The van der Waals surface area contributed by atoms with Crippen LogP contribution in [0, 0.1) is 0 Å². The summed E-state index contributed by atoms with van der Waals surface area (Å²) in [5.41, 5.74) is -0.711. The van der Waals surface area contributed by atoms with Crippen molar-refractivity contribution in [1.29, 1.82) is 0 Å². The smallest absolute Gasteiger partial charge is 0.421 e. The number of hydrogen-bond acceptors (Lipinski definition) is 3. The number of amides is 1. The van der Waals surface area contributed by atoms with Gasteiger partial charge in [-0.25, -0.2) is 4.79 Å². The molecule has 1 aromatic carbocycles. The number of hydrogen-bond donors (Lipinski definition) is 0. The molecule has 124 valence electrons. The zero-order valence-corrected chi connectivity index (χ0v) is 12.3. The Morgan fingerprint density at radius 3 is 2.52 bits per heavy atom. The lowest BCUT2D eigenvalue weighted by atomic mass is 10.2. The highest BCUT2D eigenvalue weighted by molar-refractivity contribution is 5.97. The first-order valence-corrected chi connectivity index (χ1v) is 7.08. The van der Waals surface area contributed by atoms with Crippen molar-refractivity contribution in [1.82, 2.24) is 4.90 Å². The number of esters is 1. The molecule has 1 aliphatic heterocycles. The van der Waals surface area contributed by atoms with Gasteiger partial charge in [0.2, 0.25) is 0 Å². The highest BCUT2D eigenvalue weighted by Gasteiger charge is 2.43. The molecule has 0 radical (unpaired) electrons. The molecule has 0 unspecified atom stereocenters. The van der Waals surface area contributed by atoms with E-state index in [0.29, 0.717) is 6.42 Å². The quantitative estimate of drug-likeness (QED) is 0.631. The fraction of sp³-hybridized carbons (Fsp3) is 0.375. The Bertz CT molecular complexity index is 598. The van der Waals surface area contributed by atoms with Crippen molar-refractivity contribution in [3.8, 4) is 0 Å². The molecule has 4 nitrogen and oxygen atoms in total. The van der Waals surface area contributed by atoms with Gasteiger partial charge in [-0.15, -0.1) is 0 Å². The Labute approximate surface area is 131 Å². The first kappa shape index (κ1) is 17.1. The molecule has 1 aliphatic rings. The minimum Gasteiger partial charge on any atom is -0.459 e. The molecule has 0 aliphatic carbocycles. The number of benzene rings is 1. The van der Waals surface area contributed by atoms with Crippen LogP contribution in [0.2, 0.25) is 0 Å². The van der Waals surface area contributed by atoms with E-state index in [4.69, 9.17) is 4.74 Å². The second kappa shape index (κ2) is 6.85. The van der Waals surface area contributed by atoms with Crippen LogP contribution in [0.3, 0.4) is 0 Å². The summed E-state index contributed by atoms with van der Waals surface area (Å²) < 4.78 is 42.9. The molecule has 1 saturated heterocycles. The Kier molecular flexibility index (Phi) is 5.08. The predicted molar refractivity (Wildman–Crippen MR) is 76.2 cm³/mol. The van der Waals surface area contributed by atoms with E-state index >= 15 is 0 Å². The minimum absolute atomic E-state index is 0.0123. The van der Waals surface area contributed by atoms with E-state index in [-0.39, 0.29) is 19.6 Å². The molecule has 1 amide bonds. The van der Waals surface area contributed by atoms with Gasteiger partial charge in [0.1, 0.15) is 18.2 Å². The molecular weight excluding hydrogens is 311 g/mol. The molecule has 1 atom stereocenters. The summed E-state index contributed by atoms with van der Waals surface area (Å²) >= 11 is 0. The molecule has 0 saturated carbocycles. The minimum atomic E-state index is -4.81.